The highest BCUT2D eigenvalue weighted by Crippen LogP contribution is 2.48. The molecular formula is C58H39N. The summed E-state index contributed by atoms with van der Waals surface area (Å²) in [5.74, 6) is 0. The average molecular weight is 750 g/mol. The van der Waals surface area contributed by atoms with Crippen molar-refractivity contribution in [3.63, 3.8) is 0 Å². The zero-order valence-corrected chi connectivity index (χ0v) is 32.5. The van der Waals surface area contributed by atoms with E-state index in [1.807, 2.05) is 0 Å². The van der Waals surface area contributed by atoms with Gasteiger partial charge >= 0.3 is 0 Å². The second kappa shape index (κ2) is 14.6. The summed E-state index contributed by atoms with van der Waals surface area (Å²) in [6.45, 7) is 0. The molecule has 0 radical (unpaired) electrons. The Kier molecular flexibility index (Phi) is 8.56. The quantitative estimate of drug-likeness (QED) is 0.147. The number of fused-ring (bicyclic) bond motifs is 6. The summed E-state index contributed by atoms with van der Waals surface area (Å²) in [7, 11) is 0. The predicted octanol–water partition coefficient (Wildman–Crippen LogP) is 16.4. The second-order valence-corrected chi connectivity index (χ2v) is 15.2. The lowest BCUT2D eigenvalue weighted by atomic mass is 9.85. The second-order valence-electron chi connectivity index (χ2n) is 15.2. The van der Waals surface area contributed by atoms with Crippen LogP contribution in [0.5, 0.6) is 0 Å². The first kappa shape index (κ1) is 34.5. The van der Waals surface area contributed by atoms with Crippen LogP contribution in [0.4, 0.5) is 17.1 Å². The maximum Gasteiger partial charge on any atom is 0.0467 e. The molecule has 0 amide bonds. The standard InChI is InChI=1S/C58H39N/c1-4-19-40(20-5-1)55-51-31-14-10-27-47(51)48-28-12-16-33-53(48)57(55)42-35-37-45(38-36-42)59(44-24-8-3-9-25-44)46-26-18-23-43(39-46)58-54-34-17-13-30-50(54)49-29-11-15-32-52(49)56(58)41-21-6-2-7-22-41/h1-39H. The van der Waals surface area contributed by atoms with Crippen LogP contribution in [-0.4, -0.2) is 0 Å². The van der Waals surface area contributed by atoms with E-state index in [0.29, 0.717) is 0 Å². The lowest BCUT2D eigenvalue weighted by Gasteiger charge is -2.27. The van der Waals surface area contributed by atoms with Gasteiger partial charge in [-0.15, -0.1) is 0 Å². The smallest absolute Gasteiger partial charge is 0.0467 e. The van der Waals surface area contributed by atoms with Crippen molar-refractivity contribution in [3.8, 4) is 44.5 Å². The molecule has 0 aromatic heterocycles. The summed E-state index contributed by atoms with van der Waals surface area (Å²) < 4.78 is 0. The van der Waals surface area contributed by atoms with Crippen molar-refractivity contribution in [1.29, 1.82) is 0 Å². The third-order valence-corrected chi connectivity index (χ3v) is 11.8. The average Bonchev–Trinajstić information content (AvgIpc) is 3.32. The van der Waals surface area contributed by atoms with Crippen molar-refractivity contribution < 1.29 is 0 Å². The number of rotatable bonds is 7. The van der Waals surface area contributed by atoms with Gasteiger partial charge in [-0.25, -0.2) is 0 Å². The van der Waals surface area contributed by atoms with Crippen LogP contribution in [0.25, 0.3) is 87.6 Å². The first-order valence-corrected chi connectivity index (χ1v) is 20.4. The van der Waals surface area contributed by atoms with Crippen LogP contribution in [0.2, 0.25) is 0 Å². The van der Waals surface area contributed by atoms with E-state index < -0.39 is 0 Å². The van der Waals surface area contributed by atoms with Crippen molar-refractivity contribution in [1.82, 2.24) is 0 Å². The number of hydrogen-bond donors (Lipinski definition) is 0. The van der Waals surface area contributed by atoms with Crippen LogP contribution >= 0.6 is 0 Å². The van der Waals surface area contributed by atoms with E-state index in [9.17, 15) is 0 Å². The Morgan fingerprint density at radius 3 is 0.898 bits per heavy atom. The monoisotopic (exact) mass is 749 g/mol. The number of nitrogens with zero attached hydrogens (tertiary/aromatic N) is 1. The fourth-order valence-corrected chi connectivity index (χ4v) is 9.29. The lowest BCUT2D eigenvalue weighted by molar-refractivity contribution is 1.28. The first-order chi connectivity index (χ1) is 29.3. The fraction of sp³-hybridized carbons (Fsp3) is 0. The molecule has 0 fully saturated rings. The summed E-state index contributed by atoms with van der Waals surface area (Å²) in [6, 6.07) is 86.1. The maximum absolute atomic E-state index is 2.38. The Hall–Kier alpha value is -7.74. The normalized spacial score (nSPS) is 11.4. The van der Waals surface area contributed by atoms with Gasteiger partial charge in [0.2, 0.25) is 0 Å². The molecule has 0 spiro atoms. The SMILES string of the molecule is c1ccc(-c2c(-c3ccc(N(c4ccccc4)c4cccc(-c5c(-c6ccccc6)c6ccccc6c6ccccc56)c4)cc3)c3ccccc3c3ccccc23)cc1. The van der Waals surface area contributed by atoms with E-state index in [-0.39, 0.29) is 0 Å². The summed E-state index contributed by atoms with van der Waals surface area (Å²) in [6.07, 6.45) is 0. The predicted molar refractivity (Wildman–Crippen MR) is 253 cm³/mol. The van der Waals surface area contributed by atoms with Gasteiger partial charge in [-0.1, -0.05) is 200 Å². The van der Waals surface area contributed by atoms with Crippen molar-refractivity contribution in [2.45, 2.75) is 0 Å². The Balaban J connectivity index is 1.11. The molecule has 0 N–H and O–H groups in total. The van der Waals surface area contributed by atoms with Crippen LogP contribution in [-0.2, 0) is 0 Å². The van der Waals surface area contributed by atoms with Gasteiger partial charge in [0.05, 0.1) is 0 Å². The topological polar surface area (TPSA) is 3.24 Å². The molecular weight excluding hydrogens is 711 g/mol. The van der Waals surface area contributed by atoms with Gasteiger partial charge in [0, 0.05) is 17.1 Å². The van der Waals surface area contributed by atoms with Crippen molar-refractivity contribution >= 4 is 60.2 Å². The third-order valence-electron chi connectivity index (χ3n) is 11.8. The molecule has 59 heavy (non-hydrogen) atoms. The number of para-hydroxylation sites is 1. The first-order valence-electron chi connectivity index (χ1n) is 20.4. The Morgan fingerprint density at radius 1 is 0.186 bits per heavy atom. The van der Waals surface area contributed by atoms with Crippen molar-refractivity contribution in [3.05, 3.63) is 237 Å². The Labute approximate surface area is 344 Å². The largest absolute Gasteiger partial charge is 0.310 e. The molecule has 0 aliphatic heterocycles. The van der Waals surface area contributed by atoms with E-state index >= 15 is 0 Å². The minimum absolute atomic E-state index is 1.09. The van der Waals surface area contributed by atoms with E-state index in [1.165, 1.54) is 87.6 Å². The molecule has 0 aliphatic rings. The zero-order valence-electron chi connectivity index (χ0n) is 32.5. The van der Waals surface area contributed by atoms with Crippen molar-refractivity contribution in [2.75, 3.05) is 4.90 Å². The molecule has 1 heteroatoms. The Morgan fingerprint density at radius 2 is 0.475 bits per heavy atom. The van der Waals surface area contributed by atoms with Gasteiger partial charge < -0.3 is 4.90 Å². The minimum atomic E-state index is 1.09. The van der Waals surface area contributed by atoms with Crippen LogP contribution in [0.3, 0.4) is 0 Å². The van der Waals surface area contributed by atoms with E-state index in [0.717, 1.165) is 17.1 Å². The van der Waals surface area contributed by atoms with Gasteiger partial charge in [-0.2, -0.15) is 0 Å². The van der Waals surface area contributed by atoms with Crippen LogP contribution in [0, 0.1) is 0 Å². The summed E-state index contributed by atoms with van der Waals surface area (Å²) in [5, 5.41) is 10.1. The van der Waals surface area contributed by atoms with Crippen LogP contribution in [0.15, 0.2) is 237 Å². The molecule has 0 heterocycles. The zero-order chi connectivity index (χ0) is 39.1. The number of benzene rings is 11. The lowest BCUT2D eigenvalue weighted by Crippen LogP contribution is -2.10. The molecule has 0 aliphatic carbocycles. The molecule has 0 unspecified atom stereocenters. The summed E-state index contributed by atoms with van der Waals surface area (Å²) in [4.78, 5) is 2.38. The van der Waals surface area contributed by atoms with E-state index in [2.05, 4.69) is 241 Å². The van der Waals surface area contributed by atoms with Gasteiger partial charge in [-0.3, -0.25) is 0 Å². The highest BCUT2D eigenvalue weighted by Gasteiger charge is 2.21. The maximum atomic E-state index is 2.38. The summed E-state index contributed by atoms with van der Waals surface area (Å²) >= 11 is 0. The van der Waals surface area contributed by atoms with Gasteiger partial charge in [0.15, 0.2) is 0 Å². The molecule has 0 saturated carbocycles. The fourth-order valence-electron chi connectivity index (χ4n) is 9.29. The molecule has 11 aromatic carbocycles. The van der Waals surface area contributed by atoms with Crippen LogP contribution in [0.1, 0.15) is 0 Å². The summed E-state index contributed by atoms with van der Waals surface area (Å²) in [5.41, 5.74) is 13.1. The minimum Gasteiger partial charge on any atom is -0.310 e. The molecule has 1 nitrogen and oxygen atoms in total. The molecule has 0 atom stereocenters. The van der Waals surface area contributed by atoms with Crippen LogP contribution < -0.4 is 4.90 Å². The molecule has 0 saturated heterocycles. The highest BCUT2D eigenvalue weighted by molar-refractivity contribution is 6.23. The van der Waals surface area contributed by atoms with E-state index in [1.54, 1.807) is 0 Å². The molecule has 276 valence electrons. The third kappa shape index (κ3) is 5.95. The Bertz CT molecular complexity index is 3300. The van der Waals surface area contributed by atoms with Crippen molar-refractivity contribution in [2.24, 2.45) is 0 Å². The van der Waals surface area contributed by atoms with Gasteiger partial charge in [0.1, 0.15) is 0 Å². The molecule has 0 bridgehead atoms. The molecule has 11 aromatic rings. The van der Waals surface area contributed by atoms with E-state index in [4.69, 9.17) is 0 Å². The highest BCUT2D eigenvalue weighted by atomic mass is 15.1. The molecule has 11 rings (SSSR count). The number of anilines is 3. The number of hydrogen-bond acceptors (Lipinski definition) is 1. The van der Waals surface area contributed by atoms with Gasteiger partial charge in [-0.05, 0) is 124 Å². The van der Waals surface area contributed by atoms with Gasteiger partial charge in [0.25, 0.3) is 0 Å².